The molecule has 3 atom stereocenters. The first-order valence-electron chi connectivity index (χ1n) is 9.38. The SMILES string of the molecule is CC[C@H](C)[C@@H](NC(=O)N1CCc2[nH]cnc2[C@@H]1c1ccc(Br)cc1)C(=O)OC. The van der Waals surface area contributed by atoms with Gasteiger partial charge in [0.25, 0.3) is 0 Å². The second kappa shape index (κ2) is 8.77. The molecule has 7 nitrogen and oxygen atoms in total. The number of fused-ring (bicyclic) bond motifs is 1. The van der Waals surface area contributed by atoms with E-state index in [1.54, 1.807) is 11.2 Å². The minimum absolute atomic E-state index is 0.0340. The number of aromatic nitrogens is 2. The number of nitrogens with zero attached hydrogens (tertiary/aromatic N) is 2. The summed E-state index contributed by atoms with van der Waals surface area (Å²) in [5, 5.41) is 2.89. The van der Waals surface area contributed by atoms with Crippen molar-refractivity contribution in [2.45, 2.75) is 38.8 Å². The number of methoxy groups -OCH3 is 1. The molecule has 0 fully saturated rings. The van der Waals surface area contributed by atoms with Gasteiger partial charge in [0.05, 0.1) is 19.1 Å². The lowest BCUT2D eigenvalue weighted by Crippen LogP contribution is -2.53. The van der Waals surface area contributed by atoms with Crippen molar-refractivity contribution in [1.29, 1.82) is 0 Å². The standard InChI is InChI=1S/C20H25BrN4O3/c1-4-12(2)16(19(26)28-3)24-20(27)25-10-9-15-17(23-11-22-15)18(25)13-5-7-14(21)8-6-13/h5-8,11-12,16,18H,4,9-10H2,1-3H3,(H,22,23)(H,24,27)/t12-,16+,18-/m0/s1. The first kappa shape index (κ1) is 20.4. The number of amides is 2. The van der Waals surface area contributed by atoms with Crippen LogP contribution in [0.15, 0.2) is 35.1 Å². The number of rotatable bonds is 5. The number of hydrogen-bond acceptors (Lipinski definition) is 4. The Hall–Kier alpha value is -2.35. The second-order valence-corrected chi connectivity index (χ2v) is 7.92. The molecule has 0 saturated carbocycles. The molecule has 1 aromatic heterocycles. The zero-order valence-corrected chi connectivity index (χ0v) is 17.8. The van der Waals surface area contributed by atoms with Gasteiger partial charge in [-0.2, -0.15) is 0 Å². The number of benzene rings is 1. The molecule has 28 heavy (non-hydrogen) atoms. The summed E-state index contributed by atoms with van der Waals surface area (Å²) in [7, 11) is 1.34. The Morgan fingerprint density at radius 1 is 1.39 bits per heavy atom. The average Bonchev–Trinajstić information content (AvgIpc) is 3.19. The van der Waals surface area contributed by atoms with Gasteiger partial charge in [-0.15, -0.1) is 0 Å². The molecule has 2 aromatic rings. The molecule has 0 spiro atoms. The highest BCUT2D eigenvalue weighted by molar-refractivity contribution is 9.10. The maximum absolute atomic E-state index is 13.2. The number of imidazole rings is 1. The largest absolute Gasteiger partial charge is 0.467 e. The molecule has 1 aliphatic rings. The van der Waals surface area contributed by atoms with Gasteiger partial charge in [0.2, 0.25) is 0 Å². The van der Waals surface area contributed by atoms with Crippen molar-refractivity contribution in [3.63, 3.8) is 0 Å². The molecule has 0 radical (unpaired) electrons. The number of ether oxygens (including phenoxy) is 1. The first-order valence-corrected chi connectivity index (χ1v) is 10.2. The van der Waals surface area contributed by atoms with Crippen LogP contribution in [0.1, 0.15) is 43.3 Å². The summed E-state index contributed by atoms with van der Waals surface area (Å²) in [5.41, 5.74) is 2.83. The van der Waals surface area contributed by atoms with E-state index in [1.807, 2.05) is 38.1 Å². The van der Waals surface area contributed by atoms with Crippen molar-refractivity contribution in [2.75, 3.05) is 13.7 Å². The molecule has 0 saturated heterocycles. The molecule has 0 bridgehead atoms. The summed E-state index contributed by atoms with van der Waals surface area (Å²) < 4.78 is 5.86. The Morgan fingerprint density at radius 2 is 2.11 bits per heavy atom. The van der Waals surface area contributed by atoms with Crippen LogP contribution in [-0.2, 0) is 16.0 Å². The summed E-state index contributed by atoms with van der Waals surface area (Å²) in [6, 6.07) is 6.55. The van der Waals surface area contributed by atoms with Crippen LogP contribution in [0.25, 0.3) is 0 Å². The van der Waals surface area contributed by atoms with E-state index in [9.17, 15) is 9.59 Å². The van der Waals surface area contributed by atoms with E-state index in [-0.39, 0.29) is 18.0 Å². The van der Waals surface area contributed by atoms with E-state index in [0.29, 0.717) is 13.0 Å². The van der Waals surface area contributed by atoms with Crippen molar-refractivity contribution >= 4 is 27.9 Å². The summed E-state index contributed by atoms with van der Waals surface area (Å²) in [4.78, 5) is 34.8. The quantitative estimate of drug-likeness (QED) is 0.685. The van der Waals surface area contributed by atoms with E-state index in [0.717, 1.165) is 27.8 Å². The Morgan fingerprint density at radius 3 is 2.75 bits per heavy atom. The number of hydrogen-bond donors (Lipinski definition) is 2. The predicted octanol–water partition coefficient (Wildman–Crippen LogP) is 3.42. The van der Waals surface area contributed by atoms with Gasteiger partial charge in [-0.1, -0.05) is 48.3 Å². The molecular weight excluding hydrogens is 424 g/mol. The van der Waals surface area contributed by atoms with Crippen LogP contribution in [0.5, 0.6) is 0 Å². The third-order valence-electron chi connectivity index (χ3n) is 5.32. The lowest BCUT2D eigenvalue weighted by molar-refractivity contribution is -0.144. The van der Waals surface area contributed by atoms with Crippen LogP contribution < -0.4 is 5.32 Å². The van der Waals surface area contributed by atoms with Crippen LogP contribution in [0.4, 0.5) is 4.79 Å². The molecule has 3 rings (SSSR count). The van der Waals surface area contributed by atoms with Gasteiger partial charge in [0.1, 0.15) is 12.1 Å². The highest BCUT2D eigenvalue weighted by Crippen LogP contribution is 2.34. The topological polar surface area (TPSA) is 87.3 Å². The van der Waals surface area contributed by atoms with Crippen molar-refractivity contribution < 1.29 is 14.3 Å². The highest BCUT2D eigenvalue weighted by atomic mass is 79.9. The molecule has 0 unspecified atom stereocenters. The third kappa shape index (κ3) is 4.06. The maximum Gasteiger partial charge on any atom is 0.328 e. The van der Waals surface area contributed by atoms with Crippen LogP contribution in [-0.4, -0.2) is 46.6 Å². The average molecular weight is 449 g/mol. The van der Waals surface area contributed by atoms with Crippen LogP contribution in [0.3, 0.4) is 0 Å². The zero-order valence-electron chi connectivity index (χ0n) is 16.2. The summed E-state index contributed by atoms with van der Waals surface area (Å²) in [5.74, 6) is -0.464. The molecule has 8 heteroatoms. The lowest BCUT2D eigenvalue weighted by Gasteiger charge is -2.36. The van der Waals surface area contributed by atoms with E-state index < -0.39 is 12.0 Å². The van der Waals surface area contributed by atoms with Crippen LogP contribution in [0, 0.1) is 5.92 Å². The molecule has 0 aliphatic carbocycles. The zero-order chi connectivity index (χ0) is 20.3. The number of H-pyrrole nitrogens is 1. The van der Waals surface area contributed by atoms with Crippen molar-refractivity contribution in [3.05, 3.63) is 52.0 Å². The van der Waals surface area contributed by atoms with E-state index in [4.69, 9.17) is 4.74 Å². The van der Waals surface area contributed by atoms with Gasteiger partial charge in [-0.3, -0.25) is 0 Å². The Balaban J connectivity index is 1.91. The number of esters is 1. The molecular formula is C20H25BrN4O3. The van der Waals surface area contributed by atoms with Crippen molar-refractivity contribution in [3.8, 4) is 0 Å². The Bertz CT molecular complexity index is 836. The lowest BCUT2D eigenvalue weighted by atomic mass is 9.95. The van der Waals surface area contributed by atoms with Gasteiger partial charge in [-0.05, 0) is 23.6 Å². The molecule has 2 heterocycles. The fourth-order valence-corrected chi connectivity index (χ4v) is 3.75. The molecule has 1 aromatic carbocycles. The molecule has 2 amide bonds. The summed E-state index contributed by atoms with van der Waals surface area (Å²) in [6.45, 7) is 4.43. The van der Waals surface area contributed by atoms with Crippen LogP contribution >= 0.6 is 15.9 Å². The third-order valence-corrected chi connectivity index (χ3v) is 5.85. The number of carbonyl (C=O) groups is 2. The number of nitrogens with one attached hydrogen (secondary N) is 2. The summed E-state index contributed by atoms with van der Waals surface area (Å²) >= 11 is 3.45. The van der Waals surface area contributed by atoms with Crippen molar-refractivity contribution in [2.24, 2.45) is 5.92 Å². The minimum Gasteiger partial charge on any atom is -0.467 e. The van der Waals surface area contributed by atoms with E-state index in [2.05, 4.69) is 31.2 Å². The Kier molecular flexibility index (Phi) is 6.39. The normalized spacial score (nSPS) is 18.1. The smallest absolute Gasteiger partial charge is 0.328 e. The van der Waals surface area contributed by atoms with Crippen LogP contribution in [0.2, 0.25) is 0 Å². The fourth-order valence-electron chi connectivity index (χ4n) is 3.49. The van der Waals surface area contributed by atoms with E-state index in [1.165, 1.54) is 7.11 Å². The minimum atomic E-state index is -0.686. The first-order chi connectivity index (χ1) is 13.5. The summed E-state index contributed by atoms with van der Waals surface area (Å²) in [6.07, 6.45) is 3.09. The van der Waals surface area contributed by atoms with Crippen molar-refractivity contribution in [1.82, 2.24) is 20.2 Å². The van der Waals surface area contributed by atoms with Gasteiger partial charge < -0.3 is 19.9 Å². The van der Waals surface area contributed by atoms with E-state index >= 15 is 0 Å². The monoisotopic (exact) mass is 448 g/mol. The maximum atomic E-state index is 13.2. The molecule has 1 aliphatic heterocycles. The molecule has 150 valence electrons. The van der Waals surface area contributed by atoms with Gasteiger partial charge in [-0.25, -0.2) is 14.6 Å². The fraction of sp³-hybridized carbons (Fsp3) is 0.450. The number of urea groups is 1. The molecule has 2 N–H and O–H groups in total. The second-order valence-electron chi connectivity index (χ2n) is 7.00. The van der Waals surface area contributed by atoms with Gasteiger partial charge in [0, 0.05) is 23.1 Å². The number of aromatic amines is 1. The predicted molar refractivity (Wildman–Crippen MR) is 109 cm³/mol. The number of halogens is 1. The Labute approximate surface area is 173 Å². The van der Waals surface area contributed by atoms with Gasteiger partial charge >= 0.3 is 12.0 Å². The van der Waals surface area contributed by atoms with Gasteiger partial charge in [0.15, 0.2) is 0 Å². The number of carbonyl (C=O) groups excluding carboxylic acids is 2. The highest BCUT2D eigenvalue weighted by Gasteiger charge is 2.36.